The largest absolute Gasteiger partial charge is 0.393 e. The molecular formula is C18H33NO2. The number of rotatable bonds is 8. The highest BCUT2D eigenvalue weighted by Gasteiger charge is 2.27. The van der Waals surface area contributed by atoms with E-state index in [9.17, 15) is 0 Å². The molecule has 0 radical (unpaired) electrons. The Morgan fingerprint density at radius 2 is 1.95 bits per heavy atom. The molecule has 0 bridgehead atoms. The second kappa shape index (κ2) is 9.60. The van der Waals surface area contributed by atoms with E-state index in [1.54, 1.807) is 5.57 Å². The molecular weight excluding hydrogens is 262 g/mol. The van der Waals surface area contributed by atoms with Crippen molar-refractivity contribution in [1.29, 1.82) is 0 Å². The van der Waals surface area contributed by atoms with E-state index in [4.69, 9.17) is 9.84 Å². The van der Waals surface area contributed by atoms with E-state index in [2.05, 4.69) is 18.0 Å². The van der Waals surface area contributed by atoms with E-state index in [-0.39, 0.29) is 6.10 Å². The van der Waals surface area contributed by atoms with Crippen LogP contribution in [0, 0.1) is 0 Å². The lowest BCUT2D eigenvalue weighted by molar-refractivity contribution is -0.0714. The Labute approximate surface area is 130 Å². The molecule has 0 spiro atoms. The molecule has 2 fully saturated rings. The summed E-state index contributed by atoms with van der Waals surface area (Å²) in [6, 6.07) is 0. The van der Waals surface area contributed by atoms with Crippen LogP contribution in [0.15, 0.2) is 11.6 Å². The summed E-state index contributed by atoms with van der Waals surface area (Å²) in [5, 5.41) is 9.17. The Hall–Kier alpha value is -0.380. The molecule has 0 amide bonds. The van der Waals surface area contributed by atoms with E-state index in [1.807, 2.05) is 0 Å². The number of allylic oxidation sites excluding steroid dienone is 1. The fourth-order valence-electron chi connectivity index (χ4n) is 3.18. The first-order valence-electron chi connectivity index (χ1n) is 8.90. The van der Waals surface area contributed by atoms with Crippen LogP contribution in [0.1, 0.15) is 64.2 Å². The van der Waals surface area contributed by atoms with Gasteiger partial charge in [0, 0.05) is 13.2 Å². The topological polar surface area (TPSA) is 32.7 Å². The van der Waals surface area contributed by atoms with Crippen molar-refractivity contribution in [3.63, 3.8) is 0 Å². The summed E-state index contributed by atoms with van der Waals surface area (Å²) >= 11 is 0. The van der Waals surface area contributed by atoms with Crippen LogP contribution in [0.3, 0.4) is 0 Å². The average Bonchev–Trinajstić information content (AvgIpc) is 2.64. The van der Waals surface area contributed by atoms with Crippen LogP contribution < -0.4 is 0 Å². The van der Waals surface area contributed by atoms with E-state index < -0.39 is 0 Å². The minimum atomic E-state index is -0.0909. The molecule has 21 heavy (non-hydrogen) atoms. The number of likely N-dealkylation sites (tertiary alicyclic amines) is 1. The molecule has 2 aliphatic rings. The number of ether oxygens (including phenoxy) is 1. The molecule has 122 valence electrons. The van der Waals surface area contributed by atoms with Crippen molar-refractivity contribution >= 4 is 0 Å². The fraction of sp³-hybridized carbons (Fsp3) is 0.889. The van der Waals surface area contributed by atoms with E-state index >= 15 is 0 Å². The van der Waals surface area contributed by atoms with Crippen molar-refractivity contribution in [2.24, 2.45) is 0 Å². The van der Waals surface area contributed by atoms with Crippen molar-refractivity contribution in [3.8, 4) is 0 Å². The lowest BCUT2D eigenvalue weighted by atomic mass is 9.92. The van der Waals surface area contributed by atoms with Crippen LogP contribution in [0.4, 0.5) is 0 Å². The zero-order valence-electron chi connectivity index (χ0n) is 13.7. The molecule has 1 heterocycles. The molecule has 1 saturated heterocycles. The molecule has 0 atom stereocenters. The third-order valence-corrected chi connectivity index (χ3v) is 4.81. The van der Waals surface area contributed by atoms with E-state index in [0.717, 1.165) is 19.4 Å². The van der Waals surface area contributed by atoms with Gasteiger partial charge in [-0.3, -0.25) is 0 Å². The van der Waals surface area contributed by atoms with Crippen LogP contribution >= 0.6 is 0 Å². The minimum absolute atomic E-state index is 0.0909. The Bertz CT molecular complexity index is 310. The standard InChI is InChI=1S/C18H33NO2/c1-19-11-7-9-16(10-12-19)8-5-3-2-4-6-13-21-18-14-17(20)15-18/h8,17-18,20H,2-7,9-15H2,1H3/b16-8-. The first kappa shape index (κ1) is 17.0. The number of hydrogen-bond acceptors (Lipinski definition) is 3. The maximum absolute atomic E-state index is 9.17. The van der Waals surface area contributed by atoms with Gasteiger partial charge >= 0.3 is 0 Å². The minimum Gasteiger partial charge on any atom is -0.393 e. The summed E-state index contributed by atoms with van der Waals surface area (Å²) in [6.07, 6.45) is 14.7. The van der Waals surface area contributed by atoms with Crippen molar-refractivity contribution in [2.75, 3.05) is 26.7 Å². The predicted octanol–water partition coefficient (Wildman–Crippen LogP) is 3.52. The fourth-order valence-corrected chi connectivity index (χ4v) is 3.18. The maximum Gasteiger partial charge on any atom is 0.0624 e. The zero-order chi connectivity index (χ0) is 14.9. The van der Waals surface area contributed by atoms with E-state index in [1.165, 1.54) is 64.5 Å². The molecule has 0 aromatic carbocycles. The molecule has 1 aliphatic carbocycles. The number of aliphatic hydroxyl groups is 1. The van der Waals surface area contributed by atoms with Gasteiger partial charge in [0.05, 0.1) is 12.2 Å². The molecule has 2 rings (SSSR count). The van der Waals surface area contributed by atoms with Gasteiger partial charge in [0.25, 0.3) is 0 Å². The highest BCUT2D eigenvalue weighted by atomic mass is 16.5. The molecule has 0 aromatic rings. The summed E-state index contributed by atoms with van der Waals surface area (Å²) in [6.45, 7) is 3.37. The first-order chi connectivity index (χ1) is 10.2. The van der Waals surface area contributed by atoms with Crippen molar-refractivity contribution in [2.45, 2.75) is 76.4 Å². The smallest absolute Gasteiger partial charge is 0.0624 e. The summed E-state index contributed by atoms with van der Waals surface area (Å²) in [5.74, 6) is 0. The van der Waals surface area contributed by atoms with Gasteiger partial charge in [0.2, 0.25) is 0 Å². The normalized spacial score (nSPS) is 29.3. The predicted molar refractivity (Wildman–Crippen MR) is 87.5 cm³/mol. The number of unbranched alkanes of at least 4 members (excludes halogenated alkanes) is 4. The van der Waals surface area contributed by atoms with Gasteiger partial charge in [-0.05, 0) is 65.0 Å². The van der Waals surface area contributed by atoms with Gasteiger partial charge < -0.3 is 14.7 Å². The quantitative estimate of drug-likeness (QED) is 0.549. The van der Waals surface area contributed by atoms with Crippen LogP contribution in [0.25, 0.3) is 0 Å². The number of nitrogens with zero attached hydrogens (tertiary/aromatic N) is 1. The van der Waals surface area contributed by atoms with Crippen molar-refractivity contribution in [1.82, 2.24) is 4.90 Å². The van der Waals surface area contributed by atoms with Crippen LogP contribution in [0.5, 0.6) is 0 Å². The number of hydrogen-bond donors (Lipinski definition) is 1. The summed E-state index contributed by atoms with van der Waals surface area (Å²) in [4.78, 5) is 2.45. The molecule has 1 N–H and O–H groups in total. The monoisotopic (exact) mass is 295 g/mol. The SMILES string of the molecule is CN1CCC/C(=C/CCCCCCOC2CC(O)C2)CC1. The average molecular weight is 295 g/mol. The lowest BCUT2D eigenvalue weighted by Crippen LogP contribution is -2.35. The summed E-state index contributed by atoms with van der Waals surface area (Å²) < 4.78 is 5.70. The molecule has 1 aliphatic heterocycles. The third kappa shape index (κ3) is 6.94. The lowest BCUT2D eigenvalue weighted by Gasteiger charge is -2.31. The molecule has 0 aromatic heterocycles. The van der Waals surface area contributed by atoms with Crippen LogP contribution in [0.2, 0.25) is 0 Å². The third-order valence-electron chi connectivity index (χ3n) is 4.81. The van der Waals surface area contributed by atoms with E-state index in [0.29, 0.717) is 6.10 Å². The second-order valence-electron chi connectivity index (χ2n) is 6.84. The van der Waals surface area contributed by atoms with Gasteiger partial charge in [-0.1, -0.05) is 24.5 Å². The second-order valence-corrected chi connectivity index (χ2v) is 6.84. The van der Waals surface area contributed by atoms with Crippen LogP contribution in [-0.2, 0) is 4.74 Å². The first-order valence-corrected chi connectivity index (χ1v) is 8.90. The molecule has 0 unspecified atom stereocenters. The van der Waals surface area contributed by atoms with Crippen molar-refractivity contribution in [3.05, 3.63) is 11.6 Å². The summed E-state index contributed by atoms with van der Waals surface area (Å²) in [5.41, 5.74) is 1.69. The summed E-state index contributed by atoms with van der Waals surface area (Å²) in [7, 11) is 2.23. The Kier molecular flexibility index (Phi) is 7.76. The highest BCUT2D eigenvalue weighted by Crippen LogP contribution is 2.23. The Balaban J connectivity index is 1.41. The van der Waals surface area contributed by atoms with Crippen molar-refractivity contribution < 1.29 is 9.84 Å². The Morgan fingerprint density at radius 1 is 1.14 bits per heavy atom. The Morgan fingerprint density at radius 3 is 2.76 bits per heavy atom. The van der Waals surface area contributed by atoms with Gasteiger partial charge in [-0.25, -0.2) is 0 Å². The van der Waals surface area contributed by atoms with Gasteiger partial charge in [-0.15, -0.1) is 0 Å². The van der Waals surface area contributed by atoms with Gasteiger partial charge in [-0.2, -0.15) is 0 Å². The van der Waals surface area contributed by atoms with Gasteiger partial charge in [0.1, 0.15) is 0 Å². The molecule has 3 heteroatoms. The zero-order valence-corrected chi connectivity index (χ0v) is 13.7. The highest BCUT2D eigenvalue weighted by molar-refractivity contribution is 5.03. The maximum atomic E-state index is 9.17. The molecule has 1 saturated carbocycles. The van der Waals surface area contributed by atoms with Crippen LogP contribution in [-0.4, -0.2) is 49.0 Å². The van der Waals surface area contributed by atoms with Gasteiger partial charge in [0.15, 0.2) is 0 Å². The molecule has 3 nitrogen and oxygen atoms in total. The number of aliphatic hydroxyl groups excluding tert-OH is 1.